The van der Waals surface area contributed by atoms with E-state index in [0.717, 1.165) is 5.56 Å². The second-order valence-electron chi connectivity index (χ2n) is 4.49. The number of aryl methyl sites for hydroxylation is 1. The molecule has 116 valence electrons. The topological polar surface area (TPSA) is 91.8 Å². The lowest BCUT2D eigenvalue weighted by atomic mass is 10.2. The van der Waals surface area contributed by atoms with E-state index in [1.54, 1.807) is 26.0 Å². The van der Waals surface area contributed by atoms with Crippen molar-refractivity contribution in [1.82, 2.24) is 0 Å². The Kier molecular flexibility index (Phi) is 4.77. The molecule has 0 aliphatic rings. The lowest BCUT2D eigenvalue weighted by molar-refractivity contribution is -0.386. The molecule has 2 aromatic rings. The maximum absolute atomic E-state index is 11.7. The Labute approximate surface area is 126 Å². The Balaban J connectivity index is 2.18. The first kappa shape index (κ1) is 15.6. The van der Waals surface area contributed by atoms with Crippen molar-refractivity contribution in [2.24, 2.45) is 0 Å². The number of hydrogen-bond acceptors (Lipinski definition) is 6. The zero-order valence-electron chi connectivity index (χ0n) is 12.2. The van der Waals surface area contributed by atoms with E-state index < -0.39 is 10.9 Å². The summed E-state index contributed by atoms with van der Waals surface area (Å²) < 4.78 is 15.5. The van der Waals surface area contributed by atoms with Crippen molar-refractivity contribution >= 4 is 11.7 Å². The predicted octanol–water partition coefficient (Wildman–Crippen LogP) is 3.25. The number of esters is 1. The van der Waals surface area contributed by atoms with Crippen molar-refractivity contribution in [1.29, 1.82) is 0 Å². The van der Waals surface area contributed by atoms with Crippen LogP contribution in [-0.4, -0.2) is 17.5 Å². The van der Waals surface area contributed by atoms with Gasteiger partial charge in [0.05, 0.1) is 17.8 Å². The van der Waals surface area contributed by atoms with E-state index in [1.807, 2.05) is 0 Å². The van der Waals surface area contributed by atoms with Crippen molar-refractivity contribution in [3.8, 4) is 5.75 Å². The van der Waals surface area contributed by atoms with Crippen LogP contribution < -0.4 is 4.74 Å². The molecule has 0 aliphatic heterocycles. The van der Waals surface area contributed by atoms with Gasteiger partial charge < -0.3 is 13.9 Å². The monoisotopic (exact) mass is 305 g/mol. The van der Waals surface area contributed by atoms with Crippen LogP contribution in [0.3, 0.4) is 0 Å². The third kappa shape index (κ3) is 3.43. The first-order valence-electron chi connectivity index (χ1n) is 6.64. The van der Waals surface area contributed by atoms with Gasteiger partial charge in [-0.25, -0.2) is 4.79 Å². The highest BCUT2D eigenvalue weighted by Crippen LogP contribution is 2.29. The number of hydrogen-bond donors (Lipinski definition) is 0. The molecule has 7 nitrogen and oxygen atoms in total. The van der Waals surface area contributed by atoms with Gasteiger partial charge in [-0.2, -0.15) is 0 Å². The van der Waals surface area contributed by atoms with Crippen LogP contribution in [0.25, 0.3) is 0 Å². The summed E-state index contributed by atoms with van der Waals surface area (Å²) in [6.07, 6.45) is 1.34. The second-order valence-corrected chi connectivity index (χ2v) is 4.49. The van der Waals surface area contributed by atoms with E-state index in [0.29, 0.717) is 0 Å². The van der Waals surface area contributed by atoms with Gasteiger partial charge in [-0.05, 0) is 31.5 Å². The number of nitro groups is 1. The molecule has 1 aromatic carbocycles. The number of nitrogens with zero attached hydrogens (tertiary/aromatic N) is 1. The van der Waals surface area contributed by atoms with Crippen LogP contribution >= 0.6 is 0 Å². The fourth-order valence-corrected chi connectivity index (χ4v) is 1.87. The van der Waals surface area contributed by atoms with E-state index in [2.05, 4.69) is 0 Å². The van der Waals surface area contributed by atoms with Crippen molar-refractivity contribution in [2.45, 2.75) is 20.5 Å². The Morgan fingerprint density at radius 2 is 2.14 bits per heavy atom. The largest absolute Gasteiger partial charge is 0.479 e. The van der Waals surface area contributed by atoms with E-state index in [-0.39, 0.29) is 36.0 Å². The number of rotatable bonds is 6. The number of nitro benzene ring substituents is 1. The van der Waals surface area contributed by atoms with Gasteiger partial charge in [0.1, 0.15) is 12.2 Å². The number of benzene rings is 1. The predicted molar refractivity (Wildman–Crippen MR) is 76.8 cm³/mol. The average Bonchev–Trinajstić information content (AvgIpc) is 2.93. The molecule has 0 saturated carbocycles. The minimum Gasteiger partial charge on any atom is -0.479 e. The minimum atomic E-state index is -0.525. The van der Waals surface area contributed by atoms with Crippen molar-refractivity contribution < 1.29 is 23.6 Å². The highest BCUT2D eigenvalue weighted by Gasteiger charge is 2.19. The first-order valence-corrected chi connectivity index (χ1v) is 6.64. The third-order valence-electron chi connectivity index (χ3n) is 2.91. The van der Waals surface area contributed by atoms with Crippen LogP contribution in [0.4, 0.5) is 5.69 Å². The van der Waals surface area contributed by atoms with Crippen LogP contribution in [-0.2, 0) is 11.3 Å². The SMILES string of the molecule is CCOC(=O)c1ccoc1COc1cc(C)ccc1[N+](=O)[O-]. The molecule has 0 spiro atoms. The van der Waals surface area contributed by atoms with Crippen LogP contribution in [0.2, 0.25) is 0 Å². The molecule has 1 aromatic heterocycles. The summed E-state index contributed by atoms with van der Waals surface area (Å²) in [5.74, 6) is -0.140. The lowest BCUT2D eigenvalue weighted by Gasteiger charge is -2.07. The fraction of sp³-hybridized carbons (Fsp3) is 0.267. The zero-order valence-corrected chi connectivity index (χ0v) is 12.2. The van der Waals surface area contributed by atoms with Crippen LogP contribution in [0.5, 0.6) is 5.75 Å². The standard InChI is InChI=1S/C15H15NO6/c1-3-20-15(17)11-6-7-21-14(11)9-22-13-8-10(2)4-5-12(13)16(18)19/h4-8H,3,9H2,1-2H3. The molecule has 0 bridgehead atoms. The maximum atomic E-state index is 11.7. The molecule has 0 atom stereocenters. The maximum Gasteiger partial charge on any atom is 0.341 e. The quantitative estimate of drug-likeness (QED) is 0.462. The molecule has 7 heteroatoms. The highest BCUT2D eigenvalue weighted by atomic mass is 16.6. The number of carbonyl (C=O) groups excluding carboxylic acids is 1. The molecule has 0 radical (unpaired) electrons. The molecule has 2 rings (SSSR count). The van der Waals surface area contributed by atoms with Gasteiger partial charge in [0.15, 0.2) is 11.5 Å². The van der Waals surface area contributed by atoms with Crippen LogP contribution in [0.15, 0.2) is 34.9 Å². The van der Waals surface area contributed by atoms with Crippen molar-refractivity contribution in [3.05, 3.63) is 57.5 Å². The average molecular weight is 305 g/mol. The van der Waals surface area contributed by atoms with Crippen molar-refractivity contribution in [3.63, 3.8) is 0 Å². The Bertz CT molecular complexity index is 691. The smallest absolute Gasteiger partial charge is 0.341 e. The van der Waals surface area contributed by atoms with E-state index in [9.17, 15) is 14.9 Å². The van der Waals surface area contributed by atoms with Crippen LogP contribution in [0.1, 0.15) is 28.6 Å². The molecule has 1 heterocycles. The summed E-state index contributed by atoms with van der Waals surface area (Å²) in [7, 11) is 0. The number of ether oxygens (including phenoxy) is 2. The summed E-state index contributed by atoms with van der Waals surface area (Å²) >= 11 is 0. The lowest BCUT2D eigenvalue weighted by Crippen LogP contribution is -2.08. The molecule has 22 heavy (non-hydrogen) atoms. The third-order valence-corrected chi connectivity index (χ3v) is 2.91. The summed E-state index contributed by atoms with van der Waals surface area (Å²) in [6.45, 7) is 3.64. The number of furan rings is 1. The van der Waals surface area contributed by atoms with E-state index in [1.165, 1.54) is 18.4 Å². The first-order chi connectivity index (χ1) is 10.5. The normalized spacial score (nSPS) is 10.3. The van der Waals surface area contributed by atoms with Gasteiger partial charge in [-0.15, -0.1) is 0 Å². The van der Waals surface area contributed by atoms with Gasteiger partial charge in [-0.3, -0.25) is 10.1 Å². The summed E-state index contributed by atoms with van der Waals surface area (Å²) in [6, 6.07) is 6.04. The molecule has 0 N–H and O–H groups in total. The second kappa shape index (κ2) is 6.75. The van der Waals surface area contributed by atoms with Gasteiger partial charge in [0.2, 0.25) is 0 Å². The fourth-order valence-electron chi connectivity index (χ4n) is 1.87. The number of carbonyl (C=O) groups is 1. The Hall–Kier alpha value is -2.83. The summed E-state index contributed by atoms with van der Waals surface area (Å²) in [4.78, 5) is 22.2. The van der Waals surface area contributed by atoms with Gasteiger partial charge in [0.25, 0.3) is 0 Å². The van der Waals surface area contributed by atoms with Crippen LogP contribution in [0, 0.1) is 17.0 Å². The molecule has 0 aliphatic carbocycles. The summed E-state index contributed by atoms with van der Waals surface area (Å²) in [5.41, 5.74) is 0.928. The molecule has 0 amide bonds. The zero-order chi connectivity index (χ0) is 16.1. The van der Waals surface area contributed by atoms with Crippen molar-refractivity contribution in [2.75, 3.05) is 6.61 Å². The molecule has 0 saturated heterocycles. The van der Waals surface area contributed by atoms with Gasteiger partial charge in [0, 0.05) is 6.07 Å². The Morgan fingerprint density at radius 3 is 2.82 bits per heavy atom. The minimum absolute atomic E-state index is 0.106. The molecule has 0 fully saturated rings. The highest BCUT2D eigenvalue weighted by molar-refractivity contribution is 5.90. The molecular formula is C15H15NO6. The van der Waals surface area contributed by atoms with E-state index >= 15 is 0 Å². The molecular weight excluding hydrogens is 290 g/mol. The molecule has 0 unspecified atom stereocenters. The van der Waals surface area contributed by atoms with Gasteiger partial charge in [-0.1, -0.05) is 6.07 Å². The van der Waals surface area contributed by atoms with E-state index in [4.69, 9.17) is 13.9 Å². The Morgan fingerprint density at radius 1 is 1.36 bits per heavy atom. The summed E-state index contributed by atoms with van der Waals surface area (Å²) in [5, 5.41) is 11.0. The van der Waals surface area contributed by atoms with Gasteiger partial charge >= 0.3 is 11.7 Å².